The molecular formula is C17H23N3O2S. The van der Waals surface area contributed by atoms with Crippen LogP contribution in [0.15, 0.2) is 24.3 Å². The molecule has 5 nitrogen and oxygen atoms in total. The van der Waals surface area contributed by atoms with Crippen LogP contribution in [0.2, 0.25) is 0 Å². The lowest BCUT2D eigenvalue weighted by atomic mass is 9.96. The zero-order valence-corrected chi connectivity index (χ0v) is 13.9. The third-order valence-electron chi connectivity index (χ3n) is 4.94. The molecule has 1 aromatic carbocycles. The number of hydrogen-bond acceptors (Lipinski definition) is 5. The summed E-state index contributed by atoms with van der Waals surface area (Å²) in [5.41, 5.74) is 7.59. The maximum absolute atomic E-state index is 11.9. The van der Waals surface area contributed by atoms with E-state index < -0.39 is 0 Å². The minimum Gasteiger partial charge on any atom is -0.490 e. The molecule has 1 aromatic rings. The fourth-order valence-corrected chi connectivity index (χ4v) is 5.06. The molecule has 124 valence electrons. The van der Waals surface area contributed by atoms with Gasteiger partial charge in [0.2, 0.25) is 5.91 Å². The first-order chi connectivity index (χ1) is 11.3. The third kappa shape index (κ3) is 3.20. The predicted molar refractivity (Wildman–Crippen MR) is 91.1 cm³/mol. The average Bonchev–Trinajstić information content (AvgIpc) is 3.19. The summed E-state index contributed by atoms with van der Waals surface area (Å²) in [4.78, 5) is 11.9. The van der Waals surface area contributed by atoms with Crippen molar-refractivity contribution in [1.82, 2.24) is 16.2 Å². The Labute approximate surface area is 140 Å². The molecule has 4 rings (SSSR count). The summed E-state index contributed by atoms with van der Waals surface area (Å²) in [6, 6.07) is 8.36. The number of amides is 1. The van der Waals surface area contributed by atoms with Crippen LogP contribution >= 0.6 is 11.8 Å². The summed E-state index contributed by atoms with van der Waals surface area (Å²) in [7, 11) is 0. The SMILES string of the molecule is O=C1CSC(c2ccccc2OC2CCCC2)C2CNNC2N1. The van der Waals surface area contributed by atoms with Gasteiger partial charge in [-0.25, -0.2) is 5.43 Å². The van der Waals surface area contributed by atoms with Crippen molar-refractivity contribution in [1.29, 1.82) is 0 Å². The fraction of sp³-hybridized carbons (Fsp3) is 0.588. The number of thioether (sulfide) groups is 1. The van der Waals surface area contributed by atoms with Gasteiger partial charge in [-0.05, 0) is 31.7 Å². The monoisotopic (exact) mass is 333 g/mol. The number of carbonyl (C=O) groups excluding carboxylic acids is 1. The normalized spacial score (nSPS) is 31.5. The Morgan fingerprint density at radius 3 is 2.87 bits per heavy atom. The topological polar surface area (TPSA) is 62.4 Å². The van der Waals surface area contributed by atoms with Crippen LogP contribution in [-0.2, 0) is 4.79 Å². The van der Waals surface area contributed by atoms with Gasteiger partial charge in [-0.3, -0.25) is 10.2 Å². The Morgan fingerprint density at radius 2 is 2.00 bits per heavy atom. The van der Waals surface area contributed by atoms with Gasteiger partial charge in [-0.1, -0.05) is 18.2 Å². The van der Waals surface area contributed by atoms with Crippen molar-refractivity contribution in [3.63, 3.8) is 0 Å². The molecule has 23 heavy (non-hydrogen) atoms. The number of hydrazine groups is 1. The van der Waals surface area contributed by atoms with Crippen molar-refractivity contribution in [2.45, 2.75) is 43.2 Å². The second-order valence-corrected chi connectivity index (χ2v) is 7.66. The summed E-state index contributed by atoms with van der Waals surface area (Å²) in [6.07, 6.45) is 5.18. The van der Waals surface area contributed by atoms with Gasteiger partial charge in [0, 0.05) is 23.3 Å². The lowest BCUT2D eigenvalue weighted by Gasteiger charge is -2.26. The molecule has 1 saturated carbocycles. The first-order valence-corrected chi connectivity index (χ1v) is 9.51. The Balaban J connectivity index is 1.61. The van der Waals surface area contributed by atoms with Crippen molar-refractivity contribution < 1.29 is 9.53 Å². The van der Waals surface area contributed by atoms with E-state index in [2.05, 4.69) is 34.4 Å². The highest BCUT2D eigenvalue weighted by molar-refractivity contribution is 8.00. The van der Waals surface area contributed by atoms with Crippen LogP contribution in [0.25, 0.3) is 0 Å². The average molecular weight is 333 g/mol. The number of hydrogen-bond donors (Lipinski definition) is 3. The molecule has 3 unspecified atom stereocenters. The highest BCUT2D eigenvalue weighted by atomic mass is 32.2. The van der Waals surface area contributed by atoms with Gasteiger partial charge in [-0.2, -0.15) is 0 Å². The molecule has 0 bridgehead atoms. The van der Waals surface area contributed by atoms with Crippen molar-refractivity contribution in [2.75, 3.05) is 12.3 Å². The lowest BCUT2D eigenvalue weighted by molar-refractivity contribution is -0.119. The van der Waals surface area contributed by atoms with Gasteiger partial charge in [0.25, 0.3) is 0 Å². The number of rotatable bonds is 3. The third-order valence-corrected chi connectivity index (χ3v) is 6.34. The van der Waals surface area contributed by atoms with Crippen molar-refractivity contribution in [3.05, 3.63) is 29.8 Å². The smallest absolute Gasteiger partial charge is 0.231 e. The molecule has 3 N–H and O–H groups in total. The number of para-hydroxylation sites is 1. The zero-order valence-electron chi connectivity index (χ0n) is 13.1. The van der Waals surface area contributed by atoms with Crippen LogP contribution in [0, 0.1) is 5.92 Å². The molecule has 6 heteroatoms. The number of benzene rings is 1. The molecule has 3 aliphatic rings. The van der Waals surface area contributed by atoms with Crippen LogP contribution in [-0.4, -0.2) is 30.5 Å². The van der Waals surface area contributed by atoms with E-state index in [-0.39, 0.29) is 17.3 Å². The number of ether oxygens (including phenoxy) is 1. The molecule has 2 saturated heterocycles. The first-order valence-electron chi connectivity index (χ1n) is 8.46. The maximum atomic E-state index is 11.9. The van der Waals surface area contributed by atoms with Crippen molar-refractivity contribution in [2.24, 2.45) is 5.92 Å². The highest BCUT2D eigenvalue weighted by Crippen LogP contribution is 2.44. The summed E-state index contributed by atoms with van der Waals surface area (Å²) in [5.74, 6) is 1.91. The Hall–Kier alpha value is -1.24. The largest absolute Gasteiger partial charge is 0.490 e. The van der Waals surface area contributed by atoms with Gasteiger partial charge in [0.15, 0.2) is 0 Å². The van der Waals surface area contributed by atoms with E-state index in [4.69, 9.17) is 4.74 Å². The molecule has 1 amide bonds. The van der Waals surface area contributed by atoms with Crippen molar-refractivity contribution >= 4 is 17.7 Å². The van der Waals surface area contributed by atoms with Crippen molar-refractivity contribution in [3.8, 4) is 5.75 Å². The number of nitrogens with one attached hydrogen (secondary N) is 3. The minimum absolute atomic E-state index is 0.0120. The Bertz CT molecular complexity index is 577. The summed E-state index contributed by atoms with van der Waals surface area (Å²) >= 11 is 1.72. The Morgan fingerprint density at radius 1 is 1.17 bits per heavy atom. The van der Waals surface area contributed by atoms with Gasteiger partial charge < -0.3 is 10.1 Å². The van der Waals surface area contributed by atoms with E-state index in [0.29, 0.717) is 17.8 Å². The standard InChI is InChI=1S/C17H23N3O2S/c21-15-10-23-16(13-9-18-20-17(13)19-15)12-7-3-4-8-14(12)22-11-5-1-2-6-11/h3-4,7-8,11,13,16-18,20H,1-2,5-6,9-10H2,(H,19,21). The summed E-state index contributed by atoms with van der Waals surface area (Å²) in [5, 5.41) is 3.31. The summed E-state index contributed by atoms with van der Waals surface area (Å²) in [6.45, 7) is 0.848. The molecule has 3 fully saturated rings. The van der Waals surface area contributed by atoms with Gasteiger partial charge in [-0.15, -0.1) is 11.8 Å². The van der Waals surface area contributed by atoms with Crippen LogP contribution < -0.4 is 20.9 Å². The molecule has 3 atom stereocenters. The number of fused-ring (bicyclic) bond motifs is 1. The molecule has 0 radical (unpaired) electrons. The van der Waals surface area contributed by atoms with E-state index in [1.54, 1.807) is 11.8 Å². The van der Waals surface area contributed by atoms with E-state index in [9.17, 15) is 4.79 Å². The van der Waals surface area contributed by atoms with E-state index >= 15 is 0 Å². The minimum atomic E-state index is -0.0120. The van der Waals surface area contributed by atoms with Gasteiger partial charge >= 0.3 is 0 Å². The second-order valence-electron chi connectivity index (χ2n) is 6.53. The quantitative estimate of drug-likeness (QED) is 0.789. The predicted octanol–water partition coefficient (Wildman–Crippen LogP) is 1.96. The van der Waals surface area contributed by atoms with Crippen LogP contribution in [0.1, 0.15) is 36.5 Å². The molecule has 0 aromatic heterocycles. The highest BCUT2D eigenvalue weighted by Gasteiger charge is 2.39. The number of carbonyl (C=O) groups is 1. The Kier molecular flexibility index (Phi) is 4.46. The van der Waals surface area contributed by atoms with E-state index in [1.807, 2.05) is 6.07 Å². The molecule has 2 aliphatic heterocycles. The molecule has 0 spiro atoms. The second kappa shape index (κ2) is 6.71. The maximum Gasteiger partial charge on any atom is 0.231 e. The molecular weight excluding hydrogens is 310 g/mol. The summed E-state index contributed by atoms with van der Waals surface area (Å²) < 4.78 is 6.32. The van der Waals surface area contributed by atoms with E-state index in [0.717, 1.165) is 25.1 Å². The zero-order chi connectivity index (χ0) is 15.6. The van der Waals surface area contributed by atoms with Gasteiger partial charge in [0.05, 0.1) is 18.0 Å². The lowest BCUT2D eigenvalue weighted by Crippen LogP contribution is -2.46. The van der Waals surface area contributed by atoms with Gasteiger partial charge in [0.1, 0.15) is 5.75 Å². The molecule has 2 heterocycles. The van der Waals surface area contributed by atoms with Crippen LogP contribution in [0.3, 0.4) is 0 Å². The van der Waals surface area contributed by atoms with Crippen LogP contribution in [0.5, 0.6) is 5.75 Å². The molecule has 1 aliphatic carbocycles. The van der Waals surface area contributed by atoms with E-state index in [1.165, 1.54) is 18.4 Å². The fourth-order valence-electron chi connectivity index (χ4n) is 3.77. The first kappa shape index (κ1) is 15.3. The van der Waals surface area contributed by atoms with Crippen LogP contribution in [0.4, 0.5) is 0 Å².